The Morgan fingerprint density at radius 3 is 2.64 bits per heavy atom. The summed E-state index contributed by atoms with van der Waals surface area (Å²) in [6.45, 7) is 3.09. The topological polar surface area (TPSA) is 105 Å². The van der Waals surface area contributed by atoms with E-state index in [2.05, 4.69) is 13.7 Å². The largest absolute Gasteiger partial charge is 0.762 e. The minimum atomic E-state index is -0.914. The van der Waals surface area contributed by atoms with Gasteiger partial charge in [-0.2, -0.15) is 0 Å². The van der Waals surface area contributed by atoms with E-state index in [0.29, 0.717) is 5.23 Å². The van der Waals surface area contributed by atoms with Crippen molar-refractivity contribution in [1.29, 1.82) is 0 Å². The number of anilines is 1. The van der Waals surface area contributed by atoms with Crippen LogP contribution < -0.4 is 11.6 Å². The fourth-order valence-electron chi connectivity index (χ4n) is 0.690. The van der Waals surface area contributed by atoms with Gasteiger partial charge in [0.05, 0.1) is 0 Å². The third-order valence-electron chi connectivity index (χ3n) is 1.42. The highest BCUT2D eigenvalue weighted by molar-refractivity contribution is 5.25. The maximum Gasteiger partial charge on any atom is 0.520 e. The molecule has 0 aliphatic carbocycles. The second-order valence-electron chi connectivity index (χ2n) is 2.89. The van der Waals surface area contributed by atoms with E-state index in [1.165, 1.54) is 0 Å². The fourth-order valence-corrected chi connectivity index (χ4v) is 0.690. The van der Waals surface area contributed by atoms with Gasteiger partial charge in [-0.3, -0.25) is 5.23 Å². The number of nitrogens with zero attached hydrogens (tertiary/aromatic N) is 1. The summed E-state index contributed by atoms with van der Waals surface area (Å²) in [7, 11) is 0. The van der Waals surface area contributed by atoms with Gasteiger partial charge in [0.1, 0.15) is 6.61 Å². The van der Waals surface area contributed by atoms with Crippen molar-refractivity contribution in [3.05, 3.63) is 21.6 Å². The van der Waals surface area contributed by atoms with Crippen LogP contribution in [0.5, 0.6) is 0 Å². The standard InChI is InChI=1S/C7H11N2O5/c1-4(2)9(11)12-3-5-6(8)14-7(10)13-5/h4H,3,8H2,1-2H3/q-1. The minimum absolute atomic E-state index is 0.0106. The SMILES string of the molecule is CC(C)N([O-])OCc1oc(=O)oc1N. The Kier molecular flexibility index (Phi) is 3.28. The molecule has 0 aromatic carbocycles. The van der Waals surface area contributed by atoms with Crippen molar-refractivity contribution in [2.75, 3.05) is 5.73 Å². The summed E-state index contributed by atoms with van der Waals surface area (Å²) in [6, 6.07) is -0.324. The van der Waals surface area contributed by atoms with Gasteiger partial charge >= 0.3 is 5.82 Å². The van der Waals surface area contributed by atoms with Gasteiger partial charge in [-0.1, -0.05) is 0 Å². The van der Waals surface area contributed by atoms with Crippen LogP contribution in [0.1, 0.15) is 19.6 Å². The van der Waals surface area contributed by atoms with Crippen molar-refractivity contribution in [2.45, 2.75) is 26.5 Å². The lowest BCUT2D eigenvalue weighted by molar-refractivity contribution is -0.155. The number of nitrogen functional groups attached to an aromatic ring is 1. The van der Waals surface area contributed by atoms with Crippen LogP contribution in [0.15, 0.2) is 13.6 Å². The van der Waals surface area contributed by atoms with Crippen molar-refractivity contribution in [3.8, 4) is 0 Å². The van der Waals surface area contributed by atoms with Crippen LogP contribution in [0, 0.1) is 5.21 Å². The molecule has 0 saturated heterocycles. The molecule has 0 unspecified atom stereocenters. The fraction of sp³-hybridized carbons (Fsp3) is 0.571. The van der Waals surface area contributed by atoms with Gasteiger partial charge in [-0.25, -0.2) is 4.79 Å². The predicted molar refractivity (Wildman–Crippen MR) is 46.8 cm³/mol. The summed E-state index contributed by atoms with van der Waals surface area (Å²) < 4.78 is 8.87. The lowest BCUT2D eigenvalue weighted by atomic mass is 10.4. The Hall–Kier alpha value is -1.31. The molecule has 0 radical (unpaired) electrons. The average molecular weight is 203 g/mol. The molecule has 1 aromatic heterocycles. The molecule has 7 heteroatoms. The molecule has 0 aliphatic rings. The first-order chi connectivity index (χ1) is 6.50. The van der Waals surface area contributed by atoms with Gasteiger partial charge in [-0.15, -0.1) is 0 Å². The Balaban J connectivity index is 2.53. The van der Waals surface area contributed by atoms with Crippen LogP contribution in [-0.4, -0.2) is 11.3 Å². The third-order valence-corrected chi connectivity index (χ3v) is 1.42. The molecule has 14 heavy (non-hydrogen) atoms. The van der Waals surface area contributed by atoms with E-state index in [1.807, 2.05) is 0 Å². The smallest absolute Gasteiger partial charge is 0.520 e. The molecule has 0 amide bonds. The lowest BCUT2D eigenvalue weighted by Crippen LogP contribution is -2.24. The summed E-state index contributed by atoms with van der Waals surface area (Å²) in [6.07, 6.45) is 0. The summed E-state index contributed by atoms with van der Waals surface area (Å²) in [4.78, 5) is 15.2. The van der Waals surface area contributed by atoms with Crippen molar-refractivity contribution in [1.82, 2.24) is 5.23 Å². The van der Waals surface area contributed by atoms with E-state index in [9.17, 15) is 10.0 Å². The molecule has 0 aliphatic heterocycles. The average Bonchev–Trinajstić information content (AvgIpc) is 2.40. The number of rotatable bonds is 4. The van der Waals surface area contributed by atoms with Gasteiger partial charge in [-0.05, 0) is 13.8 Å². The number of hydrogen-bond donors (Lipinski definition) is 1. The van der Waals surface area contributed by atoms with Crippen LogP contribution in [0.3, 0.4) is 0 Å². The molecular weight excluding hydrogens is 192 g/mol. The van der Waals surface area contributed by atoms with Crippen LogP contribution in [-0.2, 0) is 11.4 Å². The molecule has 0 saturated carbocycles. The molecule has 80 valence electrons. The highest BCUT2D eigenvalue weighted by Gasteiger charge is 2.10. The van der Waals surface area contributed by atoms with Crippen molar-refractivity contribution in [2.24, 2.45) is 0 Å². The first kappa shape index (κ1) is 10.8. The monoisotopic (exact) mass is 203 g/mol. The van der Waals surface area contributed by atoms with E-state index in [0.717, 1.165) is 0 Å². The molecule has 0 bridgehead atoms. The Bertz CT molecular complexity index is 342. The quantitative estimate of drug-likeness (QED) is 0.708. The first-order valence-corrected chi connectivity index (χ1v) is 3.98. The second kappa shape index (κ2) is 4.27. The van der Waals surface area contributed by atoms with Gasteiger partial charge < -0.3 is 24.6 Å². The summed E-state index contributed by atoms with van der Waals surface area (Å²) in [5, 5.41) is 11.3. The van der Waals surface area contributed by atoms with E-state index in [1.54, 1.807) is 13.8 Å². The molecule has 1 heterocycles. The maximum absolute atomic E-state index is 10.9. The van der Waals surface area contributed by atoms with Gasteiger partial charge in [0.15, 0.2) is 5.76 Å². The zero-order chi connectivity index (χ0) is 10.7. The number of nitrogens with two attached hydrogens (primary N) is 1. The Labute approximate surface area is 79.6 Å². The van der Waals surface area contributed by atoms with E-state index >= 15 is 0 Å². The number of hydroxylamine groups is 2. The van der Waals surface area contributed by atoms with Gasteiger partial charge in [0.25, 0.3) is 0 Å². The molecule has 0 atom stereocenters. The highest BCUT2D eigenvalue weighted by Crippen LogP contribution is 2.11. The summed E-state index contributed by atoms with van der Waals surface area (Å²) >= 11 is 0. The third kappa shape index (κ3) is 2.59. The normalized spacial score (nSPS) is 11.5. The van der Waals surface area contributed by atoms with Crippen LogP contribution >= 0.6 is 0 Å². The van der Waals surface area contributed by atoms with E-state index in [4.69, 9.17) is 5.73 Å². The van der Waals surface area contributed by atoms with Gasteiger partial charge in [0, 0.05) is 6.04 Å². The van der Waals surface area contributed by atoms with Crippen LogP contribution in [0.2, 0.25) is 0 Å². The van der Waals surface area contributed by atoms with Crippen molar-refractivity contribution < 1.29 is 13.7 Å². The van der Waals surface area contributed by atoms with Crippen LogP contribution in [0.25, 0.3) is 0 Å². The molecule has 0 spiro atoms. The van der Waals surface area contributed by atoms with Gasteiger partial charge in [0.2, 0.25) is 5.88 Å². The molecule has 1 aromatic rings. The van der Waals surface area contributed by atoms with Crippen molar-refractivity contribution in [3.63, 3.8) is 0 Å². The zero-order valence-electron chi connectivity index (χ0n) is 7.85. The molecule has 0 fully saturated rings. The number of hydrogen-bond acceptors (Lipinski definition) is 7. The minimum Gasteiger partial charge on any atom is -0.762 e. The molecule has 1 rings (SSSR count). The lowest BCUT2D eigenvalue weighted by Gasteiger charge is -2.30. The summed E-state index contributed by atoms with van der Waals surface area (Å²) in [5.41, 5.74) is 5.24. The second-order valence-corrected chi connectivity index (χ2v) is 2.89. The predicted octanol–water partition coefficient (Wildman–Crippen LogP) is 0.455. The summed E-state index contributed by atoms with van der Waals surface area (Å²) in [5.74, 6) is -1.08. The molecule has 2 N–H and O–H groups in total. The Morgan fingerprint density at radius 1 is 1.57 bits per heavy atom. The van der Waals surface area contributed by atoms with E-state index in [-0.39, 0.29) is 24.3 Å². The Morgan fingerprint density at radius 2 is 2.21 bits per heavy atom. The molecular formula is C7H11N2O5-. The highest BCUT2D eigenvalue weighted by atomic mass is 16.9. The van der Waals surface area contributed by atoms with E-state index < -0.39 is 5.82 Å². The van der Waals surface area contributed by atoms with Crippen LogP contribution in [0.4, 0.5) is 5.88 Å². The first-order valence-electron chi connectivity index (χ1n) is 3.98. The molecule has 7 nitrogen and oxygen atoms in total. The maximum atomic E-state index is 10.9. The zero-order valence-corrected chi connectivity index (χ0v) is 7.85. The van der Waals surface area contributed by atoms with Crippen molar-refractivity contribution >= 4 is 5.88 Å².